The van der Waals surface area contributed by atoms with Crippen LogP contribution in [0.1, 0.15) is 44.2 Å². The predicted octanol–water partition coefficient (Wildman–Crippen LogP) is 2.59. The van der Waals surface area contributed by atoms with Crippen molar-refractivity contribution in [3.63, 3.8) is 0 Å². The van der Waals surface area contributed by atoms with Crippen LogP contribution in [0.25, 0.3) is 0 Å². The number of nitrogens with two attached hydrogens (primary N) is 1. The first kappa shape index (κ1) is 14.3. The Morgan fingerprint density at radius 2 is 2.21 bits per heavy atom. The van der Waals surface area contributed by atoms with Gasteiger partial charge in [-0.25, -0.2) is 4.39 Å². The SMILES string of the molecule is C[C@H](N)c1ccc(N2CCCCCC2CO)c(F)c1. The highest BCUT2D eigenvalue weighted by Gasteiger charge is 2.23. The van der Waals surface area contributed by atoms with E-state index < -0.39 is 0 Å². The second kappa shape index (κ2) is 6.35. The molecule has 1 unspecified atom stereocenters. The maximum Gasteiger partial charge on any atom is 0.146 e. The summed E-state index contributed by atoms with van der Waals surface area (Å²) in [6.07, 6.45) is 4.21. The molecule has 2 atom stereocenters. The fourth-order valence-electron chi connectivity index (χ4n) is 2.72. The van der Waals surface area contributed by atoms with E-state index >= 15 is 0 Å². The van der Waals surface area contributed by atoms with Crippen molar-refractivity contribution in [3.8, 4) is 0 Å². The summed E-state index contributed by atoms with van der Waals surface area (Å²) in [5, 5.41) is 9.50. The van der Waals surface area contributed by atoms with Gasteiger partial charge < -0.3 is 15.7 Å². The lowest BCUT2D eigenvalue weighted by Crippen LogP contribution is -2.38. The van der Waals surface area contributed by atoms with Crippen molar-refractivity contribution in [3.05, 3.63) is 29.6 Å². The van der Waals surface area contributed by atoms with Crippen molar-refractivity contribution >= 4 is 5.69 Å². The zero-order chi connectivity index (χ0) is 13.8. The van der Waals surface area contributed by atoms with Crippen LogP contribution in [0.3, 0.4) is 0 Å². The molecule has 0 spiro atoms. The van der Waals surface area contributed by atoms with Crippen molar-refractivity contribution in [1.29, 1.82) is 0 Å². The standard InChI is InChI=1S/C15H23FN2O/c1-11(17)12-6-7-15(14(16)9-12)18-8-4-2-3-5-13(18)10-19/h6-7,9,11,13,19H,2-5,8,10,17H2,1H3/t11-,13?/m0/s1. The zero-order valence-corrected chi connectivity index (χ0v) is 11.5. The lowest BCUT2D eigenvalue weighted by molar-refractivity contribution is 0.254. The topological polar surface area (TPSA) is 49.5 Å². The Hall–Kier alpha value is -1.13. The van der Waals surface area contributed by atoms with Crippen LogP contribution in [0.5, 0.6) is 0 Å². The molecule has 1 saturated heterocycles. The van der Waals surface area contributed by atoms with E-state index in [0.717, 1.165) is 37.8 Å². The molecule has 3 nitrogen and oxygen atoms in total. The van der Waals surface area contributed by atoms with Gasteiger partial charge in [-0.2, -0.15) is 0 Å². The van der Waals surface area contributed by atoms with Crippen LogP contribution >= 0.6 is 0 Å². The lowest BCUT2D eigenvalue weighted by Gasteiger charge is -2.31. The van der Waals surface area contributed by atoms with Crippen molar-refractivity contribution in [1.82, 2.24) is 0 Å². The summed E-state index contributed by atoms with van der Waals surface area (Å²) in [5.41, 5.74) is 7.16. The van der Waals surface area contributed by atoms with Crippen molar-refractivity contribution in [2.75, 3.05) is 18.1 Å². The number of halogens is 1. The molecule has 1 fully saturated rings. The maximum absolute atomic E-state index is 14.3. The van der Waals surface area contributed by atoms with Crippen molar-refractivity contribution in [2.24, 2.45) is 5.73 Å². The Morgan fingerprint density at radius 1 is 1.42 bits per heavy atom. The normalized spacial score (nSPS) is 22.1. The summed E-state index contributed by atoms with van der Waals surface area (Å²) in [6.45, 7) is 2.73. The number of benzene rings is 1. The molecule has 19 heavy (non-hydrogen) atoms. The van der Waals surface area contributed by atoms with E-state index in [0.29, 0.717) is 5.69 Å². The first-order valence-electron chi connectivity index (χ1n) is 7.06. The molecule has 1 aromatic rings. The molecule has 1 aliphatic rings. The molecule has 1 heterocycles. The van der Waals surface area contributed by atoms with Crippen LogP contribution in [-0.2, 0) is 0 Å². The second-order valence-electron chi connectivity index (χ2n) is 5.38. The number of hydrogen-bond acceptors (Lipinski definition) is 3. The lowest BCUT2D eigenvalue weighted by atomic mass is 10.1. The van der Waals surface area contributed by atoms with Gasteiger partial charge in [0.25, 0.3) is 0 Å². The Labute approximate surface area is 114 Å². The molecule has 0 aromatic heterocycles. The summed E-state index contributed by atoms with van der Waals surface area (Å²) in [5.74, 6) is -0.241. The van der Waals surface area contributed by atoms with Gasteiger partial charge in [-0.15, -0.1) is 0 Å². The van der Waals surface area contributed by atoms with Crippen molar-refractivity contribution in [2.45, 2.75) is 44.7 Å². The molecular weight excluding hydrogens is 243 g/mol. The Morgan fingerprint density at radius 3 is 2.84 bits per heavy atom. The first-order chi connectivity index (χ1) is 9.13. The summed E-state index contributed by atoms with van der Waals surface area (Å²) >= 11 is 0. The minimum atomic E-state index is -0.241. The third-order valence-electron chi connectivity index (χ3n) is 3.89. The van der Waals surface area contributed by atoms with Gasteiger partial charge in [0.1, 0.15) is 5.82 Å². The average molecular weight is 266 g/mol. The molecule has 0 bridgehead atoms. The highest BCUT2D eigenvalue weighted by Crippen LogP contribution is 2.28. The Balaban J connectivity index is 2.28. The zero-order valence-electron chi connectivity index (χ0n) is 11.5. The minimum absolute atomic E-state index is 0.0261. The number of aliphatic hydroxyl groups excluding tert-OH is 1. The van der Waals surface area contributed by atoms with E-state index in [1.54, 1.807) is 6.07 Å². The van der Waals surface area contributed by atoms with Gasteiger partial charge in [0, 0.05) is 12.6 Å². The van der Waals surface area contributed by atoms with Crippen LogP contribution in [0.15, 0.2) is 18.2 Å². The molecule has 0 saturated carbocycles. The smallest absolute Gasteiger partial charge is 0.146 e. The minimum Gasteiger partial charge on any atom is -0.394 e. The fraction of sp³-hybridized carbons (Fsp3) is 0.600. The molecule has 0 radical (unpaired) electrons. The van der Waals surface area contributed by atoms with Gasteiger partial charge in [-0.1, -0.05) is 18.9 Å². The molecular formula is C15H23FN2O. The first-order valence-corrected chi connectivity index (χ1v) is 7.06. The van der Waals surface area contributed by atoms with E-state index in [9.17, 15) is 9.50 Å². The third kappa shape index (κ3) is 3.25. The van der Waals surface area contributed by atoms with E-state index in [2.05, 4.69) is 0 Å². The van der Waals surface area contributed by atoms with Crippen LogP contribution in [0.4, 0.5) is 10.1 Å². The van der Waals surface area contributed by atoms with Gasteiger partial charge in [0.05, 0.1) is 18.3 Å². The third-order valence-corrected chi connectivity index (χ3v) is 3.89. The Kier molecular flexibility index (Phi) is 4.77. The monoisotopic (exact) mass is 266 g/mol. The predicted molar refractivity (Wildman–Crippen MR) is 75.7 cm³/mol. The summed E-state index contributed by atoms with van der Waals surface area (Å²) < 4.78 is 14.3. The molecule has 1 aromatic carbocycles. The van der Waals surface area contributed by atoms with E-state index in [1.807, 2.05) is 17.9 Å². The van der Waals surface area contributed by atoms with Gasteiger partial charge in [-0.3, -0.25) is 0 Å². The second-order valence-corrected chi connectivity index (χ2v) is 5.38. The van der Waals surface area contributed by atoms with Gasteiger partial charge >= 0.3 is 0 Å². The summed E-state index contributed by atoms with van der Waals surface area (Å²) in [7, 11) is 0. The van der Waals surface area contributed by atoms with Crippen LogP contribution in [-0.4, -0.2) is 24.3 Å². The van der Waals surface area contributed by atoms with E-state index in [1.165, 1.54) is 6.07 Å². The van der Waals surface area contributed by atoms with Crippen LogP contribution in [0.2, 0.25) is 0 Å². The number of anilines is 1. The molecule has 1 aliphatic heterocycles. The number of nitrogens with zero attached hydrogens (tertiary/aromatic N) is 1. The average Bonchev–Trinajstić information content (AvgIpc) is 2.63. The number of rotatable bonds is 3. The number of aliphatic hydroxyl groups is 1. The van der Waals surface area contributed by atoms with Crippen LogP contribution < -0.4 is 10.6 Å². The summed E-state index contributed by atoms with van der Waals surface area (Å²) in [6, 6.07) is 5.04. The van der Waals surface area contributed by atoms with Gasteiger partial charge in [-0.05, 0) is 37.5 Å². The number of hydrogen-bond donors (Lipinski definition) is 2. The highest BCUT2D eigenvalue weighted by atomic mass is 19.1. The quantitative estimate of drug-likeness (QED) is 0.884. The molecule has 0 aliphatic carbocycles. The fourth-order valence-corrected chi connectivity index (χ4v) is 2.72. The molecule has 4 heteroatoms. The maximum atomic E-state index is 14.3. The van der Waals surface area contributed by atoms with Crippen molar-refractivity contribution < 1.29 is 9.50 Å². The molecule has 2 rings (SSSR count). The highest BCUT2D eigenvalue weighted by molar-refractivity contribution is 5.50. The Bertz CT molecular complexity index is 423. The van der Waals surface area contributed by atoms with Gasteiger partial charge in [0.15, 0.2) is 0 Å². The molecule has 106 valence electrons. The van der Waals surface area contributed by atoms with E-state index in [4.69, 9.17) is 5.73 Å². The summed E-state index contributed by atoms with van der Waals surface area (Å²) in [4.78, 5) is 2.01. The van der Waals surface area contributed by atoms with E-state index in [-0.39, 0.29) is 24.5 Å². The van der Waals surface area contributed by atoms with Crippen LogP contribution in [0, 0.1) is 5.82 Å². The molecule has 0 amide bonds. The molecule has 3 N–H and O–H groups in total. The van der Waals surface area contributed by atoms with Gasteiger partial charge in [0.2, 0.25) is 0 Å². The largest absolute Gasteiger partial charge is 0.394 e.